The highest BCUT2D eigenvalue weighted by Crippen LogP contribution is 2.28. The van der Waals surface area contributed by atoms with Crippen LogP contribution < -0.4 is 24.4 Å². The molecule has 0 fully saturated rings. The zero-order valence-electron chi connectivity index (χ0n) is 21.8. The van der Waals surface area contributed by atoms with Gasteiger partial charge in [0.1, 0.15) is 11.5 Å². The van der Waals surface area contributed by atoms with Crippen molar-refractivity contribution in [2.45, 2.75) is 13.0 Å². The van der Waals surface area contributed by atoms with Gasteiger partial charge >= 0.3 is 5.97 Å². The first-order chi connectivity index (χ1) is 19.0. The number of hydrogen-bond donors (Lipinski definition) is 1. The van der Waals surface area contributed by atoms with Crippen LogP contribution in [-0.4, -0.2) is 38.4 Å². The second-order valence-electron chi connectivity index (χ2n) is 8.41. The monoisotopic (exact) mass is 524 g/mol. The van der Waals surface area contributed by atoms with Gasteiger partial charge in [-0.05, 0) is 78.2 Å². The van der Waals surface area contributed by atoms with Gasteiger partial charge in [-0.2, -0.15) is 5.10 Å². The highest BCUT2D eigenvalue weighted by molar-refractivity contribution is 5.92. The maximum Gasteiger partial charge on any atom is 0.343 e. The number of amides is 1. The molecule has 4 aromatic carbocycles. The van der Waals surface area contributed by atoms with Crippen LogP contribution in [0.1, 0.15) is 22.8 Å². The van der Waals surface area contributed by atoms with E-state index in [0.717, 1.165) is 11.1 Å². The van der Waals surface area contributed by atoms with Crippen molar-refractivity contribution in [1.29, 1.82) is 0 Å². The minimum Gasteiger partial charge on any atom is -0.497 e. The summed E-state index contributed by atoms with van der Waals surface area (Å²) in [7, 11) is 3.02. The molecule has 1 N–H and O–H groups in total. The van der Waals surface area contributed by atoms with Gasteiger partial charge in [0.05, 0.1) is 26.0 Å². The predicted octanol–water partition coefficient (Wildman–Crippen LogP) is 5.51. The SMILES string of the molecule is COc1ccc(C(=O)Oc2ccc(/C=N\NC(=O)[C@H](C)Oc3ccc(-c4ccccc4)cc3)cc2OC)cc1. The minimum absolute atomic E-state index is 0.250. The lowest BCUT2D eigenvalue weighted by Gasteiger charge is -2.13. The van der Waals surface area contributed by atoms with Crippen molar-refractivity contribution in [2.24, 2.45) is 5.10 Å². The van der Waals surface area contributed by atoms with Crippen LogP contribution in [0.3, 0.4) is 0 Å². The molecule has 0 bridgehead atoms. The van der Waals surface area contributed by atoms with Crippen molar-refractivity contribution in [3.8, 4) is 34.1 Å². The maximum absolute atomic E-state index is 12.5. The predicted molar refractivity (Wildman–Crippen MR) is 149 cm³/mol. The highest BCUT2D eigenvalue weighted by atomic mass is 16.6. The number of ether oxygens (including phenoxy) is 4. The molecular formula is C31H28N2O6. The van der Waals surface area contributed by atoms with Gasteiger partial charge < -0.3 is 18.9 Å². The third-order valence-electron chi connectivity index (χ3n) is 5.75. The van der Waals surface area contributed by atoms with E-state index in [0.29, 0.717) is 28.4 Å². The molecule has 0 heterocycles. The normalized spacial score (nSPS) is 11.5. The van der Waals surface area contributed by atoms with Crippen molar-refractivity contribution in [3.05, 3.63) is 108 Å². The second-order valence-corrected chi connectivity index (χ2v) is 8.41. The van der Waals surface area contributed by atoms with E-state index < -0.39 is 18.0 Å². The summed E-state index contributed by atoms with van der Waals surface area (Å²) in [6.07, 6.45) is 0.690. The largest absolute Gasteiger partial charge is 0.497 e. The lowest BCUT2D eigenvalue weighted by molar-refractivity contribution is -0.127. The maximum atomic E-state index is 12.5. The number of nitrogens with zero attached hydrogens (tertiary/aromatic N) is 1. The first-order valence-corrected chi connectivity index (χ1v) is 12.2. The molecule has 0 aliphatic carbocycles. The zero-order valence-corrected chi connectivity index (χ0v) is 21.8. The van der Waals surface area contributed by atoms with Gasteiger partial charge in [0.2, 0.25) is 0 Å². The van der Waals surface area contributed by atoms with E-state index in [1.165, 1.54) is 13.3 Å². The molecule has 0 aliphatic rings. The summed E-state index contributed by atoms with van der Waals surface area (Å²) in [5.41, 5.74) is 5.63. The molecule has 39 heavy (non-hydrogen) atoms. The molecular weight excluding hydrogens is 496 g/mol. The third-order valence-corrected chi connectivity index (χ3v) is 5.75. The van der Waals surface area contributed by atoms with Gasteiger partial charge in [-0.15, -0.1) is 0 Å². The van der Waals surface area contributed by atoms with Crippen LogP contribution in [0.4, 0.5) is 0 Å². The number of carbonyl (C=O) groups excluding carboxylic acids is 2. The first kappa shape index (κ1) is 26.9. The van der Waals surface area contributed by atoms with Gasteiger partial charge in [-0.3, -0.25) is 4.79 Å². The second kappa shape index (κ2) is 12.9. The number of esters is 1. The van der Waals surface area contributed by atoms with E-state index >= 15 is 0 Å². The average Bonchev–Trinajstić information content (AvgIpc) is 2.98. The molecule has 1 atom stereocenters. The molecule has 0 saturated carbocycles. The standard InChI is InChI=1S/C31H28N2O6/c1-21(38-27-16-10-24(11-17-27)23-7-5-4-6-8-23)30(34)33-32-20-22-9-18-28(29(19-22)37-3)39-31(35)25-12-14-26(36-2)15-13-25/h4-21H,1-3H3,(H,33,34)/b32-20-/t21-/m0/s1. The number of carbonyl (C=O) groups is 2. The van der Waals surface area contributed by atoms with Crippen molar-refractivity contribution in [3.63, 3.8) is 0 Å². The topological polar surface area (TPSA) is 95.5 Å². The zero-order chi connectivity index (χ0) is 27.6. The van der Waals surface area contributed by atoms with E-state index in [4.69, 9.17) is 18.9 Å². The molecule has 0 unspecified atom stereocenters. The fourth-order valence-corrected chi connectivity index (χ4v) is 3.61. The van der Waals surface area contributed by atoms with Crippen molar-refractivity contribution in [2.75, 3.05) is 14.2 Å². The minimum atomic E-state index is -0.765. The van der Waals surface area contributed by atoms with E-state index in [-0.39, 0.29) is 5.75 Å². The summed E-state index contributed by atoms with van der Waals surface area (Å²) in [5.74, 6) is 0.857. The number of hydrogen-bond acceptors (Lipinski definition) is 7. The Morgan fingerprint density at radius 2 is 1.44 bits per heavy atom. The Bertz CT molecular complexity index is 1430. The summed E-state index contributed by atoms with van der Waals surface area (Å²) in [6.45, 7) is 1.64. The van der Waals surface area contributed by atoms with Gasteiger partial charge in [0, 0.05) is 0 Å². The van der Waals surface area contributed by atoms with E-state index in [9.17, 15) is 9.59 Å². The number of nitrogens with one attached hydrogen (secondary N) is 1. The molecule has 198 valence electrons. The molecule has 0 aromatic heterocycles. The molecule has 4 aromatic rings. The molecule has 0 saturated heterocycles. The van der Waals surface area contributed by atoms with Crippen LogP contribution >= 0.6 is 0 Å². The van der Waals surface area contributed by atoms with Crippen molar-refractivity contribution < 1.29 is 28.5 Å². The van der Waals surface area contributed by atoms with Gasteiger partial charge in [-0.1, -0.05) is 42.5 Å². The number of methoxy groups -OCH3 is 2. The smallest absolute Gasteiger partial charge is 0.343 e. The summed E-state index contributed by atoms with van der Waals surface area (Å²) < 4.78 is 21.7. The number of benzene rings is 4. The summed E-state index contributed by atoms with van der Waals surface area (Å²) >= 11 is 0. The first-order valence-electron chi connectivity index (χ1n) is 12.2. The number of hydrazone groups is 1. The Morgan fingerprint density at radius 1 is 0.769 bits per heavy atom. The Labute approximate surface area is 226 Å². The van der Waals surface area contributed by atoms with Crippen molar-refractivity contribution >= 4 is 18.1 Å². The Hall–Kier alpha value is -5.11. The molecule has 8 nitrogen and oxygen atoms in total. The van der Waals surface area contributed by atoms with Crippen LogP contribution in [0.15, 0.2) is 102 Å². The summed E-state index contributed by atoms with van der Waals surface area (Å²) in [4.78, 5) is 24.9. The fraction of sp³-hybridized carbons (Fsp3) is 0.129. The summed E-state index contributed by atoms with van der Waals surface area (Å²) in [5, 5.41) is 4.01. The Morgan fingerprint density at radius 3 is 2.10 bits per heavy atom. The van der Waals surface area contributed by atoms with Gasteiger partial charge in [0.25, 0.3) is 5.91 Å². The average molecular weight is 525 g/mol. The van der Waals surface area contributed by atoms with Crippen LogP contribution in [-0.2, 0) is 4.79 Å². The Kier molecular flexibility index (Phi) is 8.92. The molecule has 0 radical (unpaired) electrons. The van der Waals surface area contributed by atoms with Crippen LogP contribution in [0, 0.1) is 0 Å². The lowest BCUT2D eigenvalue weighted by atomic mass is 10.1. The molecule has 8 heteroatoms. The van der Waals surface area contributed by atoms with E-state index in [1.807, 2.05) is 54.6 Å². The van der Waals surface area contributed by atoms with Crippen molar-refractivity contribution in [1.82, 2.24) is 5.43 Å². The van der Waals surface area contributed by atoms with Crippen LogP contribution in [0.25, 0.3) is 11.1 Å². The van der Waals surface area contributed by atoms with E-state index in [1.54, 1.807) is 56.5 Å². The fourth-order valence-electron chi connectivity index (χ4n) is 3.61. The van der Waals surface area contributed by atoms with Gasteiger partial charge in [0.15, 0.2) is 17.6 Å². The highest BCUT2D eigenvalue weighted by Gasteiger charge is 2.15. The quantitative estimate of drug-likeness (QED) is 0.127. The van der Waals surface area contributed by atoms with Gasteiger partial charge in [-0.25, -0.2) is 10.2 Å². The molecule has 0 aliphatic heterocycles. The van der Waals surface area contributed by atoms with Crippen LogP contribution in [0.5, 0.6) is 23.0 Å². The number of rotatable bonds is 10. The van der Waals surface area contributed by atoms with Crippen LogP contribution in [0.2, 0.25) is 0 Å². The Balaban J connectivity index is 1.31. The summed E-state index contributed by atoms with van der Waals surface area (Å²) in [6, 6.07) is 29.0. The third kappa shape index (κ3) is 7.23. The molecule has 0 spiro atoms. The van der Waals surface area contributed by atoms with E-state index in [2.05, 4.69) is 10.5 Å². The lowest BCUT2D eigenvalue weighted by Crippen LogP contribution is -2.33. The molecule has 4 rings (SSSR count). The molecule has 1 amide bonds.